The minimum atomic E-state index is -0.464. The van der Waals surface area contributed by atoms with Gasteiger partial charge >= 0.3 is 5.69 Å². The summed E-state index contributed by atoms with van der Waals surface area (Å²) in [4.78, 5) is 14.6. The molecule has 1 aromatic heterocycles. The molecule has 0 aliphatic rings. The molecule has 100 valence electrons. The smallest absolute Gasteiger partial charge is 0.311 e. The van der Waals surface area contributed by atoms with Gasteiger partial charge in [-0.2, -0.15) is 0 Å². The fraction of sp³-hybridized carbons (Fsp3) is 0.545. The molecule has 7 heteroatoms. The van der Waals surface area contributed by atoms with Crippen molar-refractivity contribution in [2.45, 2.75) is 19.4 Å². The molecule has 1 heterocycles. The molecule has 0 radical (unpaired) electrons. The maximum atomic E-state index is 10.9. The van der Waals surface area contributed by atoms with Crippen LogP contribution in [-0.2, 0) is 4.74 Å². The van der Waals surface area contributed by atoms with E-state index in [1.54, 1.807) is 20.2 Å². The van der Waals surface area contributed by atoms with Crippen LogP contribution in [0.4, 0.5) is 17.3 Å². The van der Waals surface area contributed by atoms with Gasteiger partial charge in [-0.25, -0.2) is 4.98 Å². The van der Waals surface area contributed by atoms with Crippen LogP contribution in [-0.4, -0.2) is 36.2 Å². The highest BCUT2D eigenvalue weighted by molar-refractivity contribution is 5.60. The van der Waals surface area contributed by atoms with Gasteiger partial charge in [0.1, 0.15) is 5.82 Å². The summed E-state index contributed by atoms with van der Waals surface area (Å²) in [6.45, 7) is 4.19. The summed E-state index contributed by atoms with van der Waals surface area (Å²) >= 11 is 0. The van der Waals surface area contributed by atoms with Gasteiger partial charge in [-0.15, -0.1) is 0 Å². The molecule has 0 spiro atoms. The molecule has 0 fully saturated rings. The zero-order chi connectivity index (χ0) is 13.8. The fourth-order valence-corrected chi connectivity index (χ4v) is 1.24. The van der Waals surface area contributed by atoms with Crippen molar-refractivity contribution in [3.63, 3.8) is 0 Å². The van der Waals surface area contributed by atoms with Gasteiger partial charge in [-0.1, -0.05) is 0 Å². The number of hydrogen-bond donors (Lipinski definition) is 2. The Kier molecular flexibility index (Phi) is 4.43. The number of methoxy groups -OCH3 is 1. The fourth-order valence-electron chi connectivity index (χ4n) is 1.24. The number of anilines is 2. The average molecular weight is 254 g/mol. The number of hydrogen-bond acceptors (Lipinski definition) is 6. The lowest BCUT2D eigenvalue weighted by Gasteiger charge is -2.23. The molecule has 7 nitrogen and oxygen atoms in total. The Morgan fingerprint density at radius 2 is 2.17 bits per heavy atom. The number of nitrogens with one attached hydrogen (secondary N) is 2. The van der Waals surface area contributed by atoms with Gasteiger partial charge in [0, 0.05) is 26.8 Å². The van der Waals surface area contributed by atoms with Crippen LogP contribution < -0.4 is 10.6 Å². The summed E-state index contributed by atoms with van der Waals surface area (Å²) in [6, 6.07) is 2.98. The second-order valence-corrected chi connectivity index (χ2v) is 4.39. The largest absolute Gasteiger partial charge is 0.377 e. The van der Waals surface area contributed by atoms with Gasteiger partial charge in [-0.3, -0.25) is 10.1 Å². The first kappa shape index (κ1) is 14.2. The molecule has 18 heavy (non-hydrogen) atoms. The van der Waals surface area contributed by atoms with Crippen LogP contribution in [0, 0.1) is 10.1 Å². The highest BCUT2D eigenvalue weighted by Crippen LogP contribution is 2.24. The molecule has 1 rings (SSSR count). The number of rotatable bonds is 6. The first-order valence-electron chi connectivity index (χ1n) is 5.52. The standard InChI is InChI=1S/C11H18N4O3/c1-11(2,18-4)7-13-10-8(15(16)17)5-6-9(12-3)14-10/h5-6H,7H2,1-4H3,(H2,12,13,14). The zero-order valence-electron chi connectivity index (χ0n) is 11.0. The summed E-state index contributed by atoms with van der Waals surface area (Å²) in [7, 11) is 3.30. The topological polar surface area (TPSA) is 89.3 Å². The van der Waals surface area contributed by atoms with Crippen LogP contribution in [0.1, 0.15) is 13.8 Å². The SMILES string of the molecule is CNc1ccc([N+](=O)[O-])c(NCC(C)(C)OC)n1. The van der Waals surface area contributed by atoms with E-state index >= 15 is 0 Å². The second-order valence-electron chi connectivity index (χ2n) is 4.39. The second kappa shape index (κ2) is 5.63. The molecule has 0 aliphatic carbocycles. The molecule has 0 saturated carbocycles. The van der Waals surface area contributed by atoms with E-state index < -0.39 is 10.5 Å². The quantitative estimate of drug-likeness (QED) is 0.595. The number of aromatic nitrogens is 1. The van der Waals surface area contributed by atoms with Gasteiger partial charge in [0.2, 0.25) is 5.82 Å². The van der Waals surface area contributed by atoms with Crippen LogP contribution in [0.2, 0.25) is 0 Å². The number of nitro groups is 1. The van der Waals surface area contributed by atoms with Crippen LogP contribution in [0.25, 0.3) is 0 Å². The van der Waals surface area contributed by atoms with E-state index in [9.17, 15) is 10.1 Å². The average Bonchev–Trinajstić information content (AvgIpc) is 2.36. The van der Waals surface area contributed by atoms with Crippen molar-refractivity contribution in [1.29, 1.82) is 0 Å². The van der Waals surface area contributed by atoms with Crippen LogP contribution in [0.3, 0.4) is 0 Å². The maximum Gasteiger partial charge on any atom is 0.311 e. The third-order valence-electron chi connectivity index (χ3n) is 2.56. The normalized spacial score (nSPS) is 11.1. The van der Waals surface area contributed by atoms with E-state index in [2.05, 4.69) is 15.6 Å². The van der Waals surface area contributed by atoms with Crippen molar-refractivity contribution >= 4 is 17.3 Å². The molecule has 0 atom stereocenters. The highest BCUT2D eigenvalue weighted by atomic mass is 16.6. The summed E-state index contributed by atoms with van der Waals surface area (Å²) in [5.74, 6) is 0.801. The summed E-state index contributed by atoms with van der Waals surface area (Å²) in [6.07, 6.45) is 0. The van der Waals surface area contributed by atoms with E-state index in [1.807, 2.05) is 13.8 Å². The predicted octanol–water partition coefficient (Wildman–Crippen LogP) is 1.87. The lowest BCUT2D eigenvalue weighted by molar-refractivity contribution is -0.384. The minimum Gasteiger partial charge on any atom is -0.377 e. The monoisotopic (exact) mass is 254 g/mol. The van der Waals surface area contributed by atoms with Crippen molar-refractivity contribution in [3.05, 3.63) is 22.2 Å². The third kappa shape index (κ3) is 3.56. The zero-order valence-corrected chi connectivity index (χ0v) is 11.0. The Labute approximate surface area is 106 Å². The Morgan fingerprint density at radius 3 is 2.67 bits per heavy atom. The number of ether oxygens (including phenoxy) is 1. The van der Waals surface area contributed by atoms with Crippen molar-refractivity contribution in [1.82, 2.24) is 4.98 Å². The predicted molar refractivity (Wildman–Crippen MR) is 70.0 cm³/mol. The molecule has 0 aliphatic heterocycles. The molecule has 1 aromatic rings. The van der Waals surface area contributed by atoms with E-state index in [-0.39, 0.29) is 11.5 Å². The van der Waals surface area contributed by atoms with Crippen molar-refractivity contribution < 1.29 is 9.66 Å². The summed E-state index contributed by atoms with van der Waals surface area (Å²) < 4.78 is 5.24. The Bertz CT molecular complexity index is 434. The van der Waals surface area contributed by atoms with Gasteiger partial charge < -0.3 is 15.4 Å². The molecule has 0 unspecified atom stereocenters. The lowest BCUT2D eigenvalue weighted by Crippen LogP contribution is -2.32. The molecular formula is C11H18N4O3. The van der Waals surface area contributed by atoms with Gasteiger partial charge in [0.25, 0.3) is 0 Å². The van der Waals surface area contributed by atoms with Crippen LogP contribution in [0.15, 0.2) is 12.1 Å². The summed E-state index contributed by atoms with van der Waals surface area (Å²) in [5, 5.41) is 16.7. The van der Waals surface area contributed by atoms with Gasteiger partial charge in [0.05, 0.1) is 10.5 Å². The van der Waals surface area contributed by atoms with E-state index in [0.717, 1.165) is 0 Å². The first-order chi connectivity index (χ1) is 8.39. The van der Waals surface area contributed by atoms with Gasteiger partial charge in [-0.05, 0) is 19.9 Å². The van der Waals surface area contributed by atoms with Crippen LogP contribution >= 0.6 is 0 Å². The van der Waals surface area contributed by atoms with Crippen molar-refractivity contribution in [2.75, 3.05) is 31.3 Å². The first-order valence-corrected chi connectivity index (χ1v) is 5.52. The molecule has 0 saturated heterocycles. The van der Waals surface area contributed by atoms with Crippen molar-refractivity contribution in [2.24, 2.45) is 0 Å². The van der Waals surface area contributed by atoms with E-state index in [1.165, 1.54) is 6.07 Å². The molecule has 0 amide bonds. The molecule has 0 aromatic carbocycles. The van der Waals surface area contributed by atoms with E-state index in [4.69, 9.17) is 4.74 Å². The maximum absolute atomic E-state index is 10.9. The molecule has 0 bridgehead atoms. The number of nitrogens with zero attached hydrogens (tertiary/aromatic N) is 2. The molecular weight excluding hydrogens is 236 g/mol. The molecule has 2 N–H and O–H groups in total. The summed E-state index contributed by atoms with van der Waals surface area (Å²) in [5.41, 5.74) is -0.480. The van der Waals surface area contributed by atoms with Crippen molar-refractivity contribution in [3.8, 4) is 0 Å². The highest BCUT2D eigenvalue weighted by Gasteiger charge is 2.20. The van der Waals surface area contributed by atoms with Gasteiger partial charge in [0.15, 0.2) is 0 Å². The Hall–Kier alpha value is -1.89. The minimum absolute atomic E-state index is 0.0547. The Morgan fingerprint density at radius 1 is 1.50 bits per heavy atom. The third-order valence-corrected chi connectivity index (χ3v) is 2.56. The van der Waals surface area contributed by atoms with E-state index in [0.29, 0.717) is 12.4 Å². The number of pyridine rings is 1. The Balaban J connectivity index is 2.94. The van der Waals surface area contributed by atoms with Crippen LogP contribution in [0.5, 0.6) is 0 Å². The lowest BCUT2D eigenvalue weighted by atomic mass is 10.1.